The number of hydrogen-bond acceptors (Lipinski definition) is 3. The normalized spacial score (nSPS) is 20.6. The van der Waals surface area contributed by atoms with Crippen LogP contribution in [0.2, 0.25) is 0 Å². The zero-order valence-corrected chi connectivity index (χ0v) is 9.31. The van der Waals surface area contributed by atoms with E-state index in [1.807, 2.05) is 0 Å². The molecule has 0 spiro atoms. The van der Waals surface area contributed by atoms with Crippen molar-refractivity contribution in [1.82, 2.24) is 4.98 Å². The molecule has 1 fully saturated rings. The van der Waals surface area contributed by atoms with E-state index in [0.717, 1.165) is 6.07 Å². The Kier molecular flexibility index (Phi) is 3.25. The fourth-order valence-electron chi connectivity index (χ4n) is 1.88. The highest BCUT2D eigenvalue weighted by Crippen LogP contribution is 2.32. The van der Waals surface area contributed by atoms with Gasteiger partial charge in [0.1, 0.15) is 0 Å². The van der Waals surface area contributed by atoms with E-state index in [9.17, 15) is 18.0 Å². The van der Waals surface area contributed by atoms with Crippen molar-refractivity contribution in [2.24, 2.45) is 5.92 Å². The van der Waals surface area contributed by atoms with E-state index < -0.39 is 11.7 Å². The Hall–Kier alpha value is -1.63. The van der Waals surface area contributed by atoms with Crippen molar-refractivity contribution in [2.75, 3.05) is 18.1 Å². The number of halogens is 3. The molecule has 1 atom stereocenters. The Morgan fingerprint density at radius 1 is 1.44 bits per heavy atom. The van der Waals surface area contributed by atoms with Crippen LogP contribution in [-0.4, -0.2) is 29.1 Å². The number of rotatable bonds is 2. The van der Waals surface area contributed by atoms with Crippen LogP contribution >= 0.6 is 0 Å². The van der Waals surface area contributed by atoms with Gasteiger partial charge in [-0.3, -0.25) is 9.78 Å². The molecule has 0 saturated carbocycles. The van der Waals surface area contributed by atoms with Crippen LogP contribution in [0.4, 0.5) is 18.9 Å². The topological polar surface area (TPSA) is 53.4 Å². The van der Waals surface area contributed by atoms with Gasteiger partial charge in [-0.05, 0) is 6.07 Å². The molecule has 4 nitrogen and oxygen atoms in total. The number of pyridine rings is 1. The molecule has 7 heteroatoms. The minimum atomic E-state index is -4.48. The van der Waals surface area contributed by atoms with Crippen LogP contribution < -0.4 is 4.90 Å². The van der Waals surface area contributed by atoms with E-state index in [2.05, 4.69) is 4.98 Å². The first kappa shape index (κ1) is 12.8. The molecule has 1 amide bonds. The lowest BCUT2D eigenvalue weighted by Crippen LogP contribution is -2.25. The number of carbonyl (C=O) groups excluding carboxylic acids is 1. The van der Waals surface area contributed by atoms with Gasteiger partial charge in [0.2, 0.25) is 5.91 Å². The van der Waals surface area contributed by atoms with Gasteiger partial charge in [-0.2, -0.15) is 13.2 Å². The van der Waals surface area contributed by atoms with Gasteiger partial charge in [-0.1, -0.05) is 0 Å². The van der Waals surface area contributed by atoms with Crippen molar-refractivity contribution in [3.05, 3.63) is 24.0 Å². The first-order valence-corrected chi connectivity index (χ1v) is 5.35. The van der Waals surface area contributed by atoms with Gasteiger partial charge in [-0.25, -0.2) is 0 Å². The standard InChI is InChI=1S/C11H11F3N2O2/c12-11(13,14)8-2-9(4-15-3-8)16-5-7(6-17)1-10(16)18/h2-4,7,17H,1,5-6H2. The van der Waals surface area contributed by atoms with E-state index in [4.69, 9.17) is 5.11 Å². The molecular weight excluding hydrogens is 249 g/mol. The molecule has 0 aromatic carbocycles. The summed E-state index contributed by atoms with van der Waals surface area (Å²) in [5.74, 6) is -0.526. The molecule has 1 aliphatic rings. The summed E-state index contributed by atoms with van der Waals surface area (Å²) in [6.45, 7) is 0.0625. The average molecular weight is 260 g/mol. The van der Waals surface area contributed by atoms with Gasteiger partial charge >= 0.3 is 6.18 Å². The Bertz CT molecular complexity index is 462. The third-order valence-corrected chi connectivity index (χ3v) is 2.83. The van der Waals surface area contributed by atoms with Gasteiger partial charge in [0.25, 0.3) is 0 Å². The molecule has 0 radical (unpaired) electrons. The second kappa shape index (κ2) is 4.56. The zero-order valence-electron chi connectivity index (χ0n) is 9.31. The molecule has 1 unspecified atom stereocenters. The minimum Gasteiger partial charge on any atom is -0.396 e. The number of aliphatic hydroxyl groups excluding tert-OH is 1. The molecule has 18 heavy (non-hydrogen) atoms. The van der Waals surface area contributed by atoms with E-state index in [0.29, 0.717) is 6.20 Å². The van der Waals surface area contributed by atoms with Crippen LogP contribution in [0.5, 0.6) is 0 Å². The lowest BCUT2D eigenvalue weighted by Gasteiger charge is -2.17. The second-order valence-corrected chi connectivity index (χ2v) is 4.19. The summed E-state index contributed by atoms with van der Waals surface area (Å²) in [5, 5.41) is 8.96. The van der Waals surface area contributed by atoms with Gasteiger partial charge in [0, 0.05) is 31.7 Å². The lowest BCUT2D eigenvalue weighted by atomic mass is 10.1. The van der Waals surface area contributed by atoms with Crippen LogP contribution in [0, 0.1) is 5.92 Å². The molecule has 1 aromatic heterocycles. The molecule has 0 aliphatic carbocycles. The van der Waals surface area contributed by atoms with Gasteiger partial charge < -0.3 is 10.0 Å². The molecule has 2 rings (SSSR count). The number of aromatic nitrogens is 1. The summed E-state index contributed by atoms with van der Waals surface area (Å²) in [7, 11) is 0. The Morgan fingerprint density at radius 2 is 2.17 bits per heavy atom. The molecule has 1 aromatic rings. The summed E-state index contributed by atoms with van der Waals surface area (Å²) < 4.78 is 37.5. The third kappa shape index (κ3) is 2.45. The Labute approximate surface area is 101 Å². The third-order valence-electron chi connectivity index (χ3n) is 2.83. The van der Waals surface area contributed by atoms with E-state index in [1.54, 1.807) is 0 Å². The number of aliphatic hydroxyl groups is 1. The number of amides is 1. The largest absolute Gasteiger partial charge is 0.417 e. The summed E-state index contributed by atoms with van der Waals surface area (Å²) in [6, 6.07) is 0.894. The van der Waals surface area contributed by atoms with E-state index in [-0.39, 0.29) is 37.1 Å². The number of anilines is 1. The molecule has 1 aliphatic heterocycles. The number of alkyl halides is 3. The summed E-state index contributed by atoms with van der Waals surface area (Å²) in [4.78, 5) is 16.3. The van der Waals surface area contributed by atoms with Crippen molar-refractivity contribution in [2.45, 2.75) is 12.6 Å². The van der Waals surface area contributed by atoms with Crippen LogP contribution in [0.1, 0.15) is 12.0 Å². The molecule has 1 saturated heterocycles. The molecule has 98 valence electrons. The minimum absolute atomic E-state index is 0.116. The zero-order chi connectivity index (χ0) is 13.3. The second-order valence-electron chi connectivity index (χ2n) is 4.19. The summed E-state index contributed by atoms with van der Waals surface area (Å²) in [5.41, 5.74) is -0.772. The highest BCUT2D eigenvalue weighted by molar-refractivity contribution is 5.95. The number of hydrogen-bond donors (Lipinski definition) is 1. The molecule has 2 heterocycles. The summed E-state index contributed by atoms with van der Waals surface area (Å²) >= 11 is 0. The van der Waals surface area contributed by atoms with Crippen LogP contribution in [-0.2, 0) is 11.0 Å². The monoisotopic (exact) mass is 260 g/mol. The van der Waals surface area contributed by atoms with Crippen molar-refractivity contribution in [3.8, 4) is 0 Å². The maximum Gasteiger partial charge on any atom is 0.417 e. The Balaban J connectivity index is 2.27. The van der Waals surface area contributed by atoms with E-state index in [1.165, 1.54) is 11.1 Å². The number of nitrogens with zero attached hydrogens (tertiary/aromatic N) is 2. The first-order valence-electron chi connectivity index (χ1n) is 5.35. The van der Waals surface area contributed by atoms with Gasteiger partial charge in [-0.15, -0.1) is 0 Å². The SMILES string of the molecule is O=C1CC(CO)CN1c1cncc(C(F)(F)F)c1. The predicted molar refractivity (Wildman–Crippen MR) is 56.8 cm³/mol. The summed E-state index contributed by atoms with van der Waals surface area (Å²) in [6.07, 6.45) is -2.41. The lowest BCUT2D eigenvalue weighted by molar-refractivity contribution is -0.137. The van der Waals surface area contributed by atoms with Gasteiger partial charge in [0.05, 0.1) is 17.4 Å². The molecular formula is C11H11F3N2O2. The Morgan fingerprint density at radius 3 is 2.72 bits per heavy atom. The van der Waals surface area contributed by atoms with Crippen LogP contribution in [0.3, 0.4) is 0 Å². The maximum absolute atomic E-state index is 12.5. The molecule has 1 N–H and O–H groups in total. The number of carbonyl (C=O) groups is 1. The van der Waals surface area contributed by atoms with Crippen molar-refractivity contribution in [1.29, 1.82) is 0 Å². The fraction of sp³-hybridized carbons (Fsp3) is 0.455. The van der Waals surface area contributed by atoms with Crippen molar-refractivity contribution in [3.63, 3.8) is 0 Å². The predicted octanol–water partition coefficient (Wildman–Crippen LogP) is 1.45. The fourth-order valence-corrected chi connectivity index (χ4v) is 1.88. The van der Waals surface area contributed by atoms with Crippen molar-refractivity contribution < 1.29 is 23.1 Å². The van der Waals surface area contributed by atoms with Crippen LogP contribution in [0.25, 0.3) is 0 Å². The van der Waals surface area contributed by atoms with Crippen molar-refractivity contribution >= 4 is 11.6 Å². The highest BCUT2D eigenvalue weighted by Gasteiger charge is 2.34. The maximum atomic E-state index is 12.5. The highest BCUT2D eigenvalue weighted by atomic mass is 19.4. The average Bonchev–Trinajstić information content (AvgIpc) is 2.70. The molecule has 0 bridgehead atoms. The van der Waals surface area contributed by atoms with Crippen LogP contribution in [0.15, 0.2) is 18.5 Å². The first-order chi connectivity index (χ1) is 8.41. The quantitative estimate of drug-likeness (QED) is 0.875. The smallest absolute Gasteiger partial charge is 0.396 e. The van der Waals surface area contributed by atoms with Gasteiger partial charge in [0.15, 0.2) is 0 Å². The van der Waals surface area contributed by atoms with E-state index >= 15 is 0 Å².